The van der Waals surface area contributed by atoms with Crippen molar-refractivity contribution in [2.24, 2.45) is 5.92 Å². The van der Waals surface area contributed by atoms with Gasteiger partial charge in [-0.05, 0) is 25.4 Å². The smallest absolute Gasteiger partial charge is 0.0235 e. The SMILES string of the molecule is CCN1CC2NCC[C@H]2C1. The van der Waals surface area contributed by atoms with Crippen LogP contribution in [-0.2, 0) is 0 Å². The summed E-state index contributed by atoms with van der Waals surface area (Å²) in [7, 11) is 0. The second kappa shape index (κ2) is 2.51. The van der Waals surface area contributed by atoms with Crippen LogP contribution in [0, 0.1) is 5.92 Å². The van der Waals surface area contributed by atoms with E-state index in [1.165, 1.54) is 32.6 Å². The fourth-order valence-electron chi connectivity index (χ4n) is 2.20. The van der Waals surface area contributed by atoms with Gasteiger partial charge >= 0.3 is 0 Å². The molecule has 0 bridgehead atoms. The topological polar surface area (TPSA) is 15.3 Å². The Morgan fingerprint density at radius 1 is 1.50 bits per heavy atom. The van der Waals surface area contributed by atoms with E-state index in [0.29, 0.717) is 0 Å². The van der Waals surface area contributed by atoms with Gasteiger partial charge in [0.1, 0.15) is 0 Å². The summed E-state index contributed by atoms with van der Waals surface area (Å²) in [5.41, 5.74) is 0. The summed E-state index contributed by atoms with van der Waals surface area (Å²) in [5, 5.41) is 3.54. The van der Waals surface area contributed by atoms with Crippen molar-refractivity contribution in [1.29, 1.82) is 0 Å². The van der Waals surface area contributed by atoms with Gasteiger partial charge in [-0.15, -0.1) is 0 Å². The summed E-state index contributed by atoms with van der Waals surface area (Å²) in [6.07, 6.45) is 1.40. The number of fused-ring (bicyclic) bond motifs is 1. The Kier molecular flexibility index (Phi) is 1.66. The number of likely N-dealkylation sites (N-methyl/N-ethyl adjacent to an activating group) is 1. The summed E-state index contributed by atoms with van der Waals surface area (Å²) in [5.74, 6) is 0.972. The van der Waals surface area contributed by atoms with Crippen LogP contribution in [0.25, 0.3) is 0 Å². The maximum Gasteiger partial charge on any atom is 0.0235 e. The highest BCUT2D eigenvalue weighted by Gasteiger charge is 2.34. The van der Waals surface area contributed by atoms with Crippen LogP contribution in [0.5, 0.6) is 0 Å². The molecule has 0 radical (unpaired) electrons. The monoisotopic (exact) mass is 140 g/mol. The molecule has 2 atom stereocenters. The predicted molar refractivity (Wildman–Crippen MR) is 42.0 cm³/mol. The van der Waals surface area contributed by atoms with Crippen molar-refractivity contribution in [2.45, 2.75) is 19.4 Å². The maximum absolute atomic E-state index is 3.54. The van der Waals surface area contributed by atoms with Crippen LogP contribution >= 0.6 is 0 Å². The summed E-state index contributed by atoms with van der Waals surface area (Å²) >= 11 is 0. The molecule has 0 saturated carbocycles. The van der Waals surface area contributed by atoms with Gasteiger partial charge in [-0.1, -0.05) is 6.92 Å². The highest BCUT2D eigenvalue weighted by Crippen LogP contribution is 2.23. The molecule has 1 unspecified atom stereocenters. The molecule has 1 N–H and O–H groups in total. The van der Waals surface area contributed by atoms with Crippen molar-refractivity contribution in [3.8, 4) is 0 Å². The molecule has 2 aliphatic rings. The van der Waals surface area contributed by atoms with E-state index in [2.05, 4.69) is 17.1 Å². The highest BCUT2D eigenvalue weighted by atomic mass is 15.2. The van der Waals surface area contributed by atoms with Crippen LogP contribution in [0.15, 0.2) is 0 Å². The maximum atomic E-state index is 3.54. The largest absolute Gasteiger partial charge is 0.312 e. The van der Waals surface area contributed by atoms with Gasteiger partial charge in [-0.3, -0.25) is 0 Å². The Hall–Kier alpha value is -0.0800. The number of nitrogens with zero attached hydrogens (tertiary/aromatic N) is 1. The first-order valence-electron chi connectivity index (χ1n) is 4.36. The van der Waals surface area contributed by atoms with Gasteiger partial charge in [-0.2, -0.15) is 0 Å². The Morgan fingerprint density at radius 2 is 2.40 bits per heavy atom. The lowest BCUT2D eigenvalue weighted by atomic mass is 10.1. The number of rotatable bonds is 1. The van der Waals surface area contributed by atoms with E-state index in [9.17, 15) is 0 Å². The Morgan fingerprint density at radius 3 is 3.10 bits per heavy atom. The van der Waals surface area contributed by atoms with E-state index < -0.39 is 0 Å². The van der Waals surface area contributed by atoms with Gasteiger partial charge < -0.3 is 10.2 Å². The lowest BCUT2D eigenvalue weighted by Crippen LogP contribution is -2.29. The van der Waals surface area contributed by atoms with Gasteiger partial charge in [0.05, 0.1) is 0 Å². The molecular formula is C8H16N2. The Labute approximate surface area is 62.6 Å². The summed E-state index contributed by atoms with van der Waals surface area (Å²) in [6.45, 7) is 7.37. The van der Waals surface area contributed by atoms with E-state index >= 15 is 0 Å². The molecular weight excluding hydrogens is 124 g/mol. The molecule has 2 heteroatoms. The van der Waals surface area contributed by atoms with Gasteiger partial charge in [0.25, 0.3) is 0 Å². The quantitative estimate of drug-likeness (QED) is 0.563. The molecule has 2 rings (SSSR count). The van der Waals surface area contributed by atoms with E-state index in [4.69, 9.17) is 0 Å². The van der Waals surface area contributed by atoms with Crippen LogP contribution < -0.4 is 5.32 Å². The molecule has 0 aliphatic carbocycles. The van der Waals surface area contributed by atoms with Crippen LogP contribution in [0.1, 0.15) is 13.3 Å². The van der Waals surface area contributed by atoms with Gasteiger partial charge in [0, 0.05) is 19.1 Å². The fourth-order valence-corrected chi connectivity index (χ4v) is 2.20. The minimum Gasteiger partial charge on any atom is -0.312 e. The average Bonchev–Trinajstić information content (AvgIpc) is 2.42. The minimum atomic E-state index is 0.833. The van der Waals surface area contributed by atoms with Crippen molar-refractivity contribution in [3.63, 3.8) is 0 Å². The van der Waals surface area contributed by atoms with E-state index in [-0.39, 0.29) is 0 Å². The van der Waals surface area contributed by atoms with Crippen molar-refractivity contribution in [2.75, 3.05) is 26.2 Å². The highest BCUT2D eigenvalue weighted by molar-refractivity contribution is 4.93. The number of hydrogen-bond donors (Lipinski definition) is 1. The van der Waals surface area contributed by atoms with Crippen LogP contribution in [0.4, 0.5) is 0 Å². The summed E-state index contributed by atoms with van der Waals surface area (Å²) in [6, 6.07) is 0.833. The van der Waals surface area contributed by atoms with Gasteiger partial charge in [-0.25, -0.2) is 0 Å². The zero-order valence-electron chi connectivity index (χ0n) is 6.64. The lowest BCUT2D eigenvalue weighted by molar-refractivity contribution is 0.331. The van der Waals surface area contributed by atoms with Crippen LogP contribution in [-0.4, -0.2) is 37.1 Å². The number of nitrogens with one attached hydrogen (secondary N) is 1. The number of hydrogen-bond acceptors (Lipinski definition) is 2. The molecule has 2 aliphatic heterocycles. The van der Waals surface area contributed by atoms with Crippen molar-refractivity contribution in [3.05, 3.63) is 0 Å². The first-order valence-corrected chi connectivity index (χ1v) is 4.36. The zero-order valence-corrected chi connectivity index (χ0v) is 6.64. The molecule has 2 saturated heterocycles. The third-order valence-electron chi connectivity index (χ3n) is 2.89. The normalized spacial score (nSPS) is 40.5. The van der Waals surface area contributed by atoms with Crippen LogP contribution in [0.2, 0.25) is 0 Å². The third kappa shape index (κ3) is 0.956. The summed E-state index contributed by atoms with van der Waals surface area (Å²) in [4.78, 5) is 2.54. The summed E-state index contributed by atoms with van der Waals surface area (Å²) < 4.78 is 0. The molecule has 58 valence electrons. The van der Waals surface area contributed by atoms with Gasteiger partial charge in [0.2, 0.25) is 0 Å². The molecule has 0 spiro atoms. The molecule has 2 fully saturated rings. The lowest BCUT2D eigenvalue weighted by Gasteiger charge is -2.12. The van der Waals surface area contributed by atoms with Crippen molar-refractivity contribution >= 4 is 0 Å². The first-order chi connectivity index (χ1) is 4.90. The first kappa shape index (κ1) is 6.62. The second-order valence-corrected chi connectivity index (χ2v) is 3.46. The van der Waals surface area contributed by atoms with Gasteiger partial charge in [0.15, 0.2) is 0 Å². The Bertz CT molecular complexity index is 112. The zero-order chi connectivity index (χ0) is 6.97. The molecule has 2 nitrogen and oxygen atoms in total. The molecule has 0 aromatic carbocycles. The Balaban J connectivity index is 1.94. The molecule has 10 heavy (non-hydrogen) atoms. The van der Waals surface area contributed by atoms with E-state index in [1.54, 1.807) is 0 Å². The van der Waals surface area contributed by atoms with Crippen molar-refractivity contribution in [1.82, 2.24) is 10.2 Å². The molecule has 0 aromatic heterocycles. The standard InChI is InChI=1S/C8H16N2/c1-2-10-5-7-3-4-9-8(7)6-10/h7-9H,2-6H2,1H3/t7-,8?/m0/s1. The van der Waals surface area contributed by atoms with E-state index in [1.807, 2.05) is 0 Å². The number of likely N-dealkylation sites (tertiary alicyclic amines) is 1. The predicted octanol–water partition coefficient (Wildman–Crippen LogP) is 0.300. The van der Waals surface area contributed by atoms with Crippen molar-refractivity contribution < 1.29 is 0 Å². The second-order valence-electron chi connectivity index (χ2n) is 3.46. The molecule has 0 amide bonds. The third-order valence-corrected chi connectivity index (χ3v) is 2.89. The van der Waals surface area contributed by atoms with E-state index in [0.717, 1.165) is 12.0 Å². The average molecular weight is 140 g/mol. The minimum absolute atomic E-state index is 0.833. The molecule has 0 aromatic rings. The fraction of sp³-hybridized carbons (Fsp3) is 1.00. The van der Waals surface area contributed by atoms with Crippen LogP contribution in [0.3, 0.4) is 0 Å². The molecule has 2 heterocycles.